The second-order valence-corrected chi connectivity index (χ2v) is 5.43. The second-order valence-electron chi connectivity index (χ2n) is 4.57. The van der Waals surface area contributed by atoms with E-state index in [4.69, 9.17) is 0 Å². The highest BCUT2D eigenvalue weighted by molar-refractivity contribution is 7.14. The summed E-state index contributed by atoms with van der Waals surface area (Å²) in [6, 6.07) is 6.47. The molecule has 4 nitrogen and oxygen atoms in total. The van der Waals surface area contributed by atoms with Crippen molar-refractivity contribution >= 4 is 22.3 Å². The predicted molar refractivity (Wildman–Crippen MR) is 77.9 cm³/mol. The summed E-state index contributed by atoms with van der Waals surface area (Å²) in [4.78, 5) is 7.76. The minimum Gasteiger partial charge on any atom is -0.435 e. The molecule has 1 aromatic heterocycles. The van der Waals surface area contributed by atoms with Crippen molar-refractivity contribution < 1.29 is 18.5 Å². The number of aromatic nitrogens is 1. The number of thiazole rings is 1. The average Bonchev–Trinajstić information content (AvgIpc) is 3.11. The Labute approximate surface area is 124 Å². The fourth-order valence-electron chi connectivity index (χ4n) is 2.10. The Morgan fingerprint density at radius 2 is 2.10 bits per heavy atom. The van der Waals surface area contributed by atoms with Gasteiger partial charge < -0.3 is 4.74 Å². The quantitative estimate of drug-likeness (QED) is 0.909. The van der Waals surface area contributed by atoms with E-state index in [0.717, 1.165) is 41.6 Å². The predicted octanol–water partition coefficient (Wildman–Crippen LogP) is 2.10. The van der Waals surface area contributed by atoms with Gasteiger partial charge in [0.05, 0.1) is 18.7 Å². The first-order chi connectivity index (χ1) is 10.2. The van der Waals surface area contributed by atoms with Crippen LogP contribution in [0.3, 0.4) is 0 Å². The molecule has 1 aliphatic heterocycles. The van der Waals surface area contributed by atoms with Gasteiger partial charge in [-0.25, -0.2) is 5.32 Å². The van der Waals surface area contributed by atoms with E-state index in [9.17, 15) is 8.78 Å². The molecule has 1 aromatic carbocycles. The first-order valence-corrected chi connectivity index (χ1v) is 7.46. The van der Waals surface area contributed by atoms with E-state index < -0.39 is 6.61 Å². The molecule has 0 saturated carbocycles. The lowest BCUT2D eigenvalue weighted by atomic mass is 10.2. The zero-order valence-electron chi connectivity index (χ0n) is 11.1. The van der Waals surface area contributed by atoms with Crippen LogP contribution in [0.25, 0.3) is 11.3 Å². The highest BCUT2D eigenvalue weighted by Gasteiger charge is 2.16. The van der Waals surface area contributed by atoms with Crippen LogP contribution < -0.4 is 15.0 Å². The van der Waals surface area contributed by atoms with Gasteiger partial charge in [-0.1, -0.05) is 11.3 Å². The SMILES string of the molecule is FC(F)Oc1ccc(-c2csc(NC3=[NH+]CCC3)n2)cc1. The fraction of sp³-hybridized carbons (Fsp3) is 0.286. The van der Waals surface area contributed by atoms with Gasteiger partial charge in [0.1, 0.15) is 5.75 Å². The smallest absolute Gasteiger partial charge is 0.387 e. The topological polar surface area (TPSA) is 48.1 Å². The third-order valence-electron chi connectivity index (χ3n) is 3.08. The Bertz CT molecular complexity index is 640. The van der Waals surface area contributed by atoms with Crippen LogP contribution >= 0.6 is 11.3 Å². The van der Waals surface area contributed by atoms with Gasteiger partial charge in [-0.15, -0.1) is 0 Å². The van der Waals surface area contributed by atoms with Crippen LogP contribution in [0.2, 0.25) is 0 Å². The molecule has 0 fully saturated rings. The number of hydrogen-bond acceptors (Lipinski definition) is 4. The fourth-order valence-corrected chi connectivity index (χ4v) is 2.84. The molecule has 0 bridgehead atoms. The van der Waals surface area contributed by atoms with Crippen LogP contribution in [0.1, 0.15) is 12.8 Å². The van der Waals surface area contributed by atoms with E-state index in [1.165, 1.54) is 23.5 Å². The summed E-state index contributed by atoms with van der Waals surface area (Å²) in [7, 11) is 0. The third-order valence-corrected chi connectivity index (χ3v) is 3.84. The van der Waals surface area contributed by atoms with Crippen LogP contribution in [-0.2, 0) is 0 Å². The number of amidine groups is 1. The summed E-state index contributed by atoms with van der Waals surface area (Å²) in [6.45, 7) is -1.81. The molecule has 0 atom stereocenters. The standard InChI is InChI=1S/C14H13F2N3OS/c15-13(16)20-10-5-3-9(4-6-10)11-8-21-14(18-11)19-12-2-1-7-17-12/h3-6,8,13H,1-2,7H2,(H,17,18,19)/p+1. The second kappa shape index (κ2) is 6.17. The largest absolute Gasteiger partial charge is 0.435 e. The van der Waals surface area contributed by atoms with Gasteiger partial charge in [0.2, 0.25) is 5.84 Å². The van der Waals surface area contributed by atoms with Crippen molar-refractivity contribution in [2.24, 2.45) is 0 Å². The first-order valence-electron chi connectivity index (χ1n) is 6.58. The van der Waals surface area contributed by atoms with Gasteiger partial charge in [-0.05, 0) is 30.7 Å². The minimum atomic E-state index is -2.80. The summed E-state index contributed by atoms with van der Waals surface area (Å²) in [5.74, 6) is 1.24. The van der Waals surface area contributed by atoms with Crippen molar-refractivity contribution in [3.63, 3.8) is 0 Å². The maximum absolute atomic E-state index is 12.1. The number of anilines is 1. The summed E-state index contributed by atoms with van der Waals surface area (Å²) >= 11 is 1.51. The van der Waals surface area contributed by atoms with Gasteiger partial charge in [-0.2, -0.15) is 13.8 Å². The summed E-state index contributed by atoms with van der Waals surface area (Å²) in [5, 5.41) is 6.01. The lowest BCUT2D eigenvalue weighted by Crippen LogP contribution is -2.70. The molecule has 2 aromatic rings. The van der Waals surface area contributed by atoms with Gasteiger partial charge in [-0.3, -0.25) is 4.99 Å². The highest BCUT2D eigenvalue weighted by Crippen LogP contribution is 2.27. The Hall–Kier alpha value is -2.02. The number of halogens is 2. The molecular formula is C14H14F2N3OS+. The Morgan fingerprint density at radius 1 is 1.29 bits per heavy atom. The molecule has 0 amide bonds. The highest BCUT2D eigenvalue weighted by atomic mass is 32.1. The lowest BCUT2D eigenvalue weighted by molar-refractivity contribution is -0.447. The maximum atomic E-state index is 12.1. The van der Waals surface area contributed by atoms with Gasteiger partial charge in [0.25, 0.3) is 5.13 Å². The molecule has 0 aliphatic carbocycles. The average molecular weight is 310 g/mol. The van der Waals surface area contributed by atoms with E-state index in [-0.39, 0.29) is 5.75 Å². The Morgan fingerprint density at radius 3 is 2.76 bits per heavy atom. The van der Waals surface area contributed by atoms with Crippen molar-refractivity contribution in [1.29, 1.82) is 0 Å². The number of hydrogen-bond donors (Lipinski definition) is 2. The van der Waals surface area contributed by atoms with E-state index in [1.807, 2.05) is 5.38 Å². The number of benzene rings is 1. The van der Waals surface area contributed by atoms with Gasteiger partial charge in [0, 0.05) is 10.9 Å². The Kier molecular flexibility index (Phi) is 4.10. The van der Waals surface area contributed by atoms with E-state index in [0.29, 0.717) is 0 Å². The minimum absolute atomic E-state index is 0.146. The molecule has 1 aliphatic rings. The van der Waals surface area contributed by atoms with Gasteiger partial charge in [0.15, 0.2) is 0 Å². The maximum Gasteiger partial charge on any atom is 0.387 e. The molecule has 0 unspecified atom stereocenters. The van der Waals surface area contributed by atoms with Crippen molar-refractivity contribution in [1.82, 2.24) is 4.98 Å². The number of alkyl halides is 2. The number of nitrogens with zero attached hydrogens (tertiary/aromatic N) is 1. The molecule has 110 valence electrons. The third kappa shape index (κ3) is 3.55. The number of nitrogens with one attached hydrogen (secondary N) is 2. The molecule has 7 heteroatoms. The molecule has 21 heavy (non-hydrogen) atoms. The normalized spacial score (nSPS) is 14.3. The van der Waals surface area contributed by atoms with Crippen LogP contribution in [0.4, 0.5) is 13.9 Å². The summed E-state index contributed by atoms with van der Waals surface area (Å²) in [5.41, 5.74) is 1.68. The molecular weight excluding hydrogens is 296 g/mol. The van der Waals surface area contributed by atoms with Crippen molar-refractivity contribution in [2.75, 3.05) is 11.9 Å². The molecule has 2 heterocycles. The lowest BCUT2D eigenvalue weighted by Gasteiger charge is -2.04. The molecule has 2 N–H and O–H groups in total. The molecule has 0 saturated heterocycles. The summed E-state index contributed by atoms with van der Waals surface area (Å²) in [6.07, 6.45) is 2.14. The van der Waals surface area contributed by atoms with Crippen molar-refractivity contribution in [3.8, 4) is 17.0 Å². The zero-order valence-corrected chi connectivity index (χ0v) is 11.9. The van der Waals surface area contributed by atoms with Crippen molar-refractivity contribution in [2.45, 2.75) is 19.5 Å². The van der Waals surface area contributed by atoms with Crippen LogP contribution in [0.5, 0.6) is 5.75 Å². The Balaban J connectivity index is 1.70. The molecule has 0 radical (unpaired) electrons. The van der Waals surface area contributed by atoms with E-state index >= 15 is 0 Å². The van der Waals surface area contributed by atoms with E-state index in [2.05, 4.69) is 20.0 Å². The number of rotatable bonds is 4. The van der Waals surface area contributed by atoms with Crippen LogP contribution in [0.15, 0.2) is 29.6 Å². The van der Waals surface area contributed by atoms with E-state index in [1.54, 1.807) is 12.1 Å². The van der Waals surface area contributed by atoms with Gasteiger partial charge >= 0.3 is 6.61 Å². The summed E-state index contributed by atoms with van der Waals surface area (Å²) < 4.78 is 28.5. The van der Waals surface area contributed by atoms with Crippen molar-refractivity contribution in [3.05, 3.63) is 29.6 Å². The monoisotopic (exact) mass is 310 g/mol. The van der Waals surface area contributed by atoms with Crippen LogP contribution in [-0.4, -0.2) is 24.0 Å². The molecule has 0 spiro atoms. The first kappa shape index (κ1) is 13.9. The number of ether oxygens (including phenoxy) is 1. The zero-order chi connectivity index (χ0) is 14.7. The molecule has 3 rings (SSSR count). The van der Waals surface area contributed by atoms with Crippen LogP contribution in [0, 0.1) is 0 Å².